The van der Waals surface area contributed by atoms with Crippen LogP contribution >= 0.6 is 11.8 Å². The molecule has 0 atom stereocenters. The first-order chi connectivity index (χ1) is 10.8. The van der Waals surface area contributed by atoms with Crippen molar-refractivity contribution in [2.75, 3.05) is 13.1 Å². The highest BCUT2D eigenvalue weighted by atomic mass is 32.2. The fourth-order valence-electron chi connectivity index (χ4n) is 3.69. The molecule has 5 rings (SSSR count). The quantitative estimate of drug-likeness (QED) is 0.918. The number of hydrogen-bond acceptors (Lipinski definition) is 2. The number of halogens is 1. The second-order valence-electron chi connectivity index (χ2n) is 6.99. The van der Waals surface area contributed by atoms with Gasteiger partial charge in [-0.3, -0.25) is 4.90 Å². The Morgan fingerprint density at radius 3 is 2.68 bits per heavy atom. The Hall–Kier alpha value is -1.00. The van der Waals surface area contributed by atoms with Gasteiger partial charge in [0, 0.05) is 52.3 Å². The summed E-state index contributed by atoms with van der Waals surface area (Å²) >= 11 is 1.71. The van der Waals surface area contributed by atoms with Crippen LogP contribution in [0.25, 0.3) is 10.9 Å². The van der Waals surface area contributed by atoms with E-state index in [4.69, 9.17) is 0 Å². The number of benzene rings is 1. The largest absolute Gasteiger partial charge is 0.358 e. The molecule has 3 aliphatic rings. The van der Waals surface area contributed by atoms with Gasteiger partial charge in [0.25, 0.3) is 0 Å². The van der Waals surface area contributed by atoms with Crippen LogP contribution in [0.5, 0.6) is 0 Å². The van der Waals surface area contributed by atoms with E-state index in [1.54, 1.807) is 17.8 Å². The van der Waals surface area contributed by atoms with E-state index < -0.39 is 0 Å². The van der Waals surface area contributed by atoms with Crippen molar-refractivity contribution in [3.05, 3.63) is 29.2 Å². The van der Waals surface area contributed by atoms with Crippen LogP contribution in [-0.2, 0) is 12.8 Å². The number of aromatic nitrogens is 1. The molecule has 2 aromatic rings. The van der Waals surface area contributed by atoms with Crippen LogP contribution in [0.4, 0.5) is 4.39 Å². The van der Waals surface area contributed by atoms with Gasteiger partial charge in [0.1, 0.15) is 5.82 Å². The SMILES string of the molecule is Fc1cc2c3c([nH]c2cc1SC1CC1)CCN(C1CC1)CC3. The summed E-state index contributed by atoms with van der Waals surface area (Å²) in [4.78, 5) is 7.03. The van der Waals surface area contributed by atoms with Gasteiger partial charge in [0.2, 0.25) is 0 Å². The van der Waals surface area contributed by atoms with Crippen molar-refractivity contribution in [1.29, 1.82) is 0 Å². The summed E-state index contributed by atoms with van der Waals surface area (Å²) in [6, 6.07) is 4.65. The second-order valence-corrected chi connectivity index (χ2v) is 8.34. The number of nitrogens with one attached hydrogen (secondary N) is 1. The van der Waals surface area contributed by atoms with Crippen molar-refractivity contribution >= 4 is 22.7 Å². The molecule has 2 nitrogen and oxygen atoms in total. The van der Waals surface area contributed by atoms with Gasteiger partial charge in [0.05, 0.1) is 0 Å². The summed E-state index contributed by atoms with van der Waals surface area (Å²) in [5.41, 5.74) is 3.83. The zero-order valence-electron chi connectivity index (χ0n) is 12.7. The number of aromatic amines is 1. The van der Waals surface area contributed by atoms with Gasteiger partial charge < -0.3 is 4.98 Å². The number of thioether (sulfide) groups is 1. The summed E-state index contributed by atoms with van der Waals surface area (Å²) < 4.78 is 14.4. The zero-order chi connectivity index (χ0) is 14.7. The van der Waals surface area contributed by atoms with Crippen molar-refractivity contribution in [3.8, 4) is 0 Å². The Morgan fingerprint density at radius 1 is 1.09 bits per heavy atom. The molecule has 1 N–H and O–H groups in total. The highest BCUT2D eigenvalue weighted by Gasteiger charge is 2.31. The van der Waals surface area contributed by atoms with Crippen LogP contribution in [0.1, 0.15) is 36.9 Å². The fraction of sp³-hybridized carbons (Fsp3) is 0.556. The molecule has 0 unspecified atom stereocenters. The van der Waals surface area contributed by atoms with Crippen LogP contribution < -0.4 is 0 Å². The molecule has 0 amide bonds. The number of fused-ring (bicyclic) bond motifs is 3. The summed E-state index contributed by atoms with van der Waals surface area (Å²) in [6.07, 6.45) is 7.34. The minimum absolute atomic E-state index is 0.0329. The van der Waals surface area contributed by atoms with Gasteiger partial charge in [-0.25, -0.2) is 4.39 Å². The molecule has 0 saturated heterocycles. The lowest BCUT2D eigenvalue weighted by Crippen LogP contribution is -2.28. The van der Waals surface area contributed by atoms with Gasteiger partial charge in [-0.2, -0.15) is 0 Å². The number of rotatable bonds is 3. The molecular formula is C18H21FN2S. The molecule has 4 heteroatoms. The van der Waals surface area contributed by atoms with Gasteiger partial charge in [-0.05, 0) is 49.8 Å². The van der Waals surface area contributed by atoms with Crippen molar-refractivity contribution in [2.45, 2.75) is 54.7 Å². The molecule has 0 spiro atoms. The van der Waals surface area contributed by atoms with E-state index in [2.05, 4.69) is 9.88 Å². The average Bonchev–Trinajstić information content (AvgIpc) is 3.37. The summed E-state index contributed by atoms with van der Waals surface area (Å²) in [5, 5.41) is 1.76. The minimum Gasteiger partial charge on any atom is -0.358 e. The topological polar surface area (TPSA) is 19.0 Å². The van der Waals surface area contributed by atoms with E-state index in [0.29, 0.717) is 5.25 Å². The molecular weight excluding hydrogens is 295 g/mol. The molecule has 0 radical (unpaired) electrons. The van der Waals surface area contributed by atoms with Crippen LogP contribution in [0.3, 0.4) is 0 Å². The molecule has 0 bridgehead atoms. The Bertz CT molecular complexity index is 730. The normalized spacial score (nSPS) is 22.8. The van der Waals surface area contributed by atoms with Crippen molar-refractivity contribution < 1.29 is 4.39 Å². The van der Waals surface area contributed by atoms with Gasteiger partial charge in [-0.1, -0.05) is 0 Å². The minimum atomic E-state index is -0.0329. The zero-order valence-corrected chi connectivity index (χ0v) is 13.5. The Kier molecular flexibility index (Phi) is 3.05. The lowest BCUT2D eigenvalue weighted by molar-refractivity contribution is 0.277. The maximum absolute atomic E-state index is 14.4. The van der Waals surface area contributed by atoms with Crippen LogP contribution in [0.15, 0.2) is 17.0 Å². The van der Waals surface area contributed by atoms with Crippen molar-refractivity contribution in [2.24, 2.45) is 0 Å². The predicted molar refractivity (Wildman–Crippen MR) is 89.1 cm³/mol. The van der Waals surface area contributed by atoms with Crippen molar-refractivity contribution in [3.63, 3.8) is 0 Å². The summed E-state index contributed by atoms with van der Waals surface area (Å²) in [6.45, 7) is 2.28. The summed E-state index contributed by atoms with van der Waals surface area (Å²) in [7, 11) is 0. The Morgan fingerprint density at radius 2 is 1.91 bits per heavy atom. The first-order valence-corrected chi connectivity index (χ1v) is 9.39. The summed E-state index contributed by atoms with van der Waals surface area (Å²) in [5.74, 6) is -0.0329. The van der Waals surface area contributed by atoms with E-state index in [9.17, 15) is 4.39 Å². The molecule has 1 aromatic heterocycles. The van der Waals surface area contributed by atoms with E-state index in [1.807, 2.05) is 6.07 Å². The first kappa shape index (κ1) is 13.4. The molecule has 2 heterocycles. The highest BCUT2D eigenvalue weighted by molar-refractivity contribution is 8.00. The number of nitrogens with zero attached hydrogens (tertiary/aromatic N) is 1. The van der Waals surface area contributed by atoms with Gasteiger partial charge in [-0.15, -0.1) is 11.8 Å². The lowest BCUT2D eigenvalue weighted by Gasteiger charge is -2.18. The monoisotopic (exact) mass is 316 g/mol. The molecule has 2 aliphatic carbocycles. The Labute approximate surface area is 134 Å². The predicted octanol–water partition coefficient (Wildman–Crippen LogP) is 4.12. The standard InChI is InChI=1S/C18H21FN2S/c19-15-9-14-13-5-7-21(11-1-2-11)8-6-16(13)20-17(14)10-18(15)22-12-3-4-12/h9-12,20H,1-8H2. The molecule has 1 aromatic carbocycles. The van der Waals surface area contributed by atoms with Gasteiger partial charge >= 0.3 is 0 Å². The molecule has 2 saturated carbocycles. The number of H-pyrrole nitrogens is 1. The Balaban J connectivity index is 1.50. The third-order valence-electron chi connectivity index (χ3n) is 5.23. The molecule has 22 heavy (non-hydrogen) atoms. The smallest absolute Gasteiger partial charge is 0.137 e. The van der Waals surface area contributed by atoms with Crippen LogP contribution in [-0.4, -0.2) is 34.3 Å². The average molecular weight is 316 g/mol. The maximum atomic E-state index is 14.4. The molecule has 1 aliphatic heterocycles. The highest BCUT2D eigenvalue weighted by Crippen LogP contribution is 2.42. The van der Waals surface area contributed by atoms with E-state index in [0.717, 1.165) is 47.8 Å². The van der Waals surface area contributed by atoms with Crippen LogP contribution in [0, 0.1) is 5.82 Å². The number of hydrogen-bond donors (Lipinski definition) is 1. The first-order valence-electron chi connectivity index (χ1n) is 8.51. The maximum Gasteiger partial charge on any atom is 0.137 e. The van der Waals surface area contributed by atoms with Crippen molar-refractivity contribution in [1.82, 2.24) is 9.88 Å². The second kappa shape index (κ2) is 5.00. The van der Waals surface area contributed by atoms with Gasteiger partial charge in [0.15, 0.2) is 0 Å². The molecule has 2 fully saturated rings. The van der Waals surface area contributed by atoms with E-state index in [1.165, 1.54) is 36.9 Å². The fourth-order valence-corrected chi connectivity index (χ4v) is 4.78. The third kappa shape index (κ3) is 2.37. The van der Waals surface area contributed by atoms with E-state index in [-0.39, 0.29) is 5.82 Å². The molecule has 116 valence electrons. The van der Waals surface area contributed by atoms with Crippen LogP contribution in [0.2, 0.25) is 0 Å². The lowest BCUT2D eigenvalue weighted by atomic mass is 10.1. The third-order valence-corrected chi connectivity index (χ3v) is 6.60. The van der Waals surface area contributed by atoms with E-state index >= 15 is 0 Å².